The van der Waals surface area contributed by atoms with Crippen LogP contribution in [0, 0.1) is 11.8 Å². The third kappa shape index (κ3) is 5.32. The summed E-state index contributed by atoms with van der Waals surface area (Å²) in [5.74, 6) is 0.337. The van der Waals surface area contributed by atoms with Crippen molar-refractivity contribution >= 4 is 23.2 Å². The minimum absolute atomic E-state index is 0.0143. The van der Waals surface area contributed by atoms with E-state index in [9.17, 15) is 9.59 Å². The van der Waals surface area contributed by atoms with E-state index in [0.29, 0.717) is 25.4 Å². The Bertz CT molecular complexity index is 557. The minimum atomic E-state index is -0.0165. The molecular weight excluding hydrogens is 304 g/mol. The highest BCUT2D eigenvalue weighted by Crippen LogP contribution is 2.31. The Morgan fingerprint density at radius 2 is 1.75 bits per heavy atom. The first kappa shape index (κ1) is 18.4. The third-order valence-electron chi connectivity index (χ3n) is 4.52. The van der Waals surface area contributed by atoms with Gasteiger partial charge in [0.25, 0.3) is 0 Å². The van der Waals surface area contributed by atoms with Crippen LogP contribution in [-0.4, -0.2) is 43.9 Å². The quantitative estimate of drug-likeness (QED) is 0.711. The molecule has 0 heterocycles. The van der Waals surface area contributed by atoms with Gasteiger partial charge in [-0.25, -0.2) is 0 Å². The molecule has 6 nitrogen and oxygen atoms in total. The van der Waals surface area contributed by atoms with Gasteiger partial charge in [0.15, 0.2) is 0 Å². The molecule has 0 radical (unpaired) electrons. The van der Waals surface area contributed by atoms with Crippen molar-refractivity contribution in [1.29, 1.82) is 0 Å². The zero-order chi connectivity index (χ0) is 17.5. The number of amides is 2. The van der Waals surface area contributed by atoms with E-state index >= 15 is 0 Å². The lowest BCUT2D eigenvalue weighted by Crippen LogP contribution is -2.29. The third-order valence-corrected chi connectivity index (χ3v) is 4.52. The van der Waals surface area contributed by atoms with Gasteiger partial charge in [0.05, 0.1) is 0 Å². The fourth-order valence-electron chi connectivity index (χ4n) is 3.08. The van der Waals surface area contributed by atoms with Gasteiger partial charge in [-0.05, 0) is 63.7 Å². The molecule has 0 aromatic heterocycles. The number of nitrogens with one attached hydrogen (secondary N) is 2. The van der Waals surface area contributed by atoms with Crippen molar-refractivity contribution in [1.82, 2.24) is 4.90 Å². The van der Waals surface area contributed by atoms with E-state index in [1.54, 1.807) is 12.1 Å². The van der Waals surface area contributed by atoms with E-state index in [2.05, 4.69) is 10.6 Å². The molecule has 1 aromatic rings. The van der Waals surface area contributed by atoms with Crippen molar-refractivity contribution in [3.05, 3.63) is 24.3 Å². The summed E-state index contributed by atoms with van der Waals surface area (Å²) in [4.78, 5) is 26.1. The zero-order valence-electron chi connectivity index (χ0n) is 14.5. The van der Waals surface area contributed by atoms with Crippen molar-refractivity contribution in [2.45, 2.75) is 25.7 Å². The molecule has 6 heteroatoms. The maximum absolute atomic E-state index is 12.4. The summed E-state index contributed by atoms with van der Waals surface area (Å²) in [7, 11) is 3.87. The van der Waals surface area contributed by atoms with Crippen molar-refractivity contribution in [3.8, 4) is 0 Å². The lowest BCUT2D eigenvalue weighted by Gasteiger charge is -2.17. The van der Waals surface area contributed by atoms with Crippen LogP contribution < -0.4 is 16.4 Å². The molecular formula is C18H28N4O2. The Hall–Kier alpha value is -1.92. The molecule has 0 unspecified atom stereocenters. The maximum Gasteiger partial charge on any atom is 0.227 e. The van der Waals surface area contributed by atoms with Crippen LogP contribution in [0.1, 0.15) is 25.7 Å². The first-order chi connectivity index (χ1) is 11.5. The molecule has 4 N–H and O–H groups in total. The second kappa shape index (κ2) is 8.80. The first-order valence-corrected chi connectivity index (χ1v) is 8.55. The van der Waals surface area contributed by atoms with Gasteiger partial charge in [-0.2, -0.15) is 0 Å². The molecule has 1 aliphatic carbocycles. The van der Waals surface area contributed by atoms with Crippen LogP contribution in [0.4, 0.5) is 11.4 Å². The second-order valence-corrected chi connectivity index (χ2v) is 6.70. The van der Waals surface area contributed by atoms with Crippen LogP contribution >= 0.6 is 0 Å². The monoisotopic (exact) mass is 332 g/mol. The normalized spacial score (nSPS) is 20.2. The second-order valence-electron chi connectivity index (χ2n) is 6.70. The number of anilines is 2. The SMILES string of the molecule is CN(C)CCC(=O)Nc1ccc(NC(=O)[C@@H]2CCC[C@@H]2CN)cc1. The molecule has 2 amide bonds. The van der Waals surface area contributed by atoms with Gasteiger partial charge in [0.2, 0.25) is 11.8 Å². The average molecular weight is 332 g/mol. The van der Waals surface area contributed by atoms with Crippen LogP contribution in [0.2, 0.25) is 0 Å². The fourth-order valence-corrected chi connectivity index (χ4v) is 3.08. The molecule has 24 heavy (non-hydrogen) atoms. The van der Waals surface area contributed by atoms with Gasteiger partial charge in [-0.15, -0.1) is 0 Å². The summed E-state index contributed by atoms with van der Waals surface area (Å²) in [5.41, 5.74) is 7.22. The predicted octanol–water partition coefficient (Wildman–Crippen LogP) is 1.89. The molecule has 1 aliphatic rings. The topological polar surface area (TPSA) is 87.5 Å². The number of nitrogens with zero attached hydrogens (tertiary/aromatic N) is 1. The molecule has 0 spiro atoms. The number of rotatable bonds is 7. The molecule has 0 bridgehead atoms. The van der Waals surface area contributed by atoms with Gasteiger partial charge in [0.1, 0.15) is 0 Å². The largest absolute Gasteiger partial charge is 0.330 e. The molecule has 1 saturated carbocycles. The lowest BCUT2D eigenvalue weighted by molar-refractivity contribution is -0.120. The average Bonchev–Trinajstić information content (AvgIpc) is 3.03. The zero-order valence-corrected chi connectivity index (χ0v) is 14.5. The van der Waals surface area contributed by atoms with Crippen LogP contribution in [0.15, 0.2) is 24.3 Å². The smallest absolute Gasteiger partial charge is 0.227 e. The Balaban J connectivity index is 1.85. The Morgan fingerprint density at radius 3 is 2.33 bits per heavy atom. The minimum Gasteiger partial charge on any atom is -0.330 e. The van der Waals surface area contributed by atoms with Crippen LogP contribution in [0.5, 0.6) is 0 Å². The summed E-state index contributed by atoms with van der Waals surface area (Å²) in [6.07, 6.45) is 3.46. The number of nitrogens with two attached hydrogens (primary N) is 1. The lowest BCUT2D eigenvalue weighted by atomic mass is 9.95. The number of carbonyl (C=O) groups is 2. The summed E-state index contributed by atoms with van der Waals surface area (Å²) >= 11 is 0. The number of hydrogen-bond donors (Lipinski definition) is 3. The number of hydrogen-bond acceptors (Lipinski definition) is 4. The van der Waals surface area contributed by atoms with Gasteiger partial charge in [-0.3, -0.25) is 9.59 Å². The number of benzene rings is 1. The highest BCUT2D eigenvalue weighted by Gasteiger charge is 2.31. The Morgan fingerprint density at radius 1 is 1.12 bits per heavy atom. The summed E-state index contributed by atoms with van der Waals surface area (Å²) in [6.45, 7) is 1.28. The van der Waals surface area contributed by atoms with Crippen LogP contribution in [0.25, 0.3) is 0 Å². The van der Waals surface area contributed by atoms with E-state index in [-0.39, 0.29) is 17.7 Å². The van der Waals surface area contributed by atoms with Gasteiger partial charge < -0.3 is 21.3 Å². The van der Waals surface area contributed by atoms with Crippen molar-refractivity contribution in [2.75, 3.05) is 37.8 Å². The van der Waals surface area contributed by atoms with E-state index in [1.807, 2.05) is 31.1 Å². The highest BCUT2D eigenvalue weighted by molar-refractivity contribution is 5.94. The summed E-state index contributed by atoms with van der Waals surface area (Å²) in [5, 5.41) is 5.81. The molecule has 0 aliphatic heterocycles. The van der Waals surface area contributed by atoms with Gasteiger partial charge in [0, 0.05) is 30.3 Å². The molecule has 1 aromatic carbocycles. The first-order valence-electron chi connectivity index (χ1n) is 8.55. The van der Waals surface area contributed by atoms with Gasteiger partial charge >= 0.3 is 0 Å². The van der Waals surface area contributed by atoms with E-state index in [0.717, 1.165) is 30.6 Å². The molecule has 2 rings (SSSR count). The van der Waals surface area contributed by atoms with E-state index in [4.69, 9.17) is 5.73 Å². The molecule has 2 atom stereocenters. The van der Waals surface area contributed by atoms with Crippen LogP contribution in [0.3, 0.4) is 0 Å². The predicted molar refractivity (Wildman–Crippen MR) is 96.8 cm³/mol. The number of carbonyl (C=O) groups excluding carboxylic acids is 2. The molecule has 0 saturated heterocycles. The maximum atomic E-state index is 12.4. The van der Waals surface area contributed by atoms with Crippen molar-refractivity contribution < 1.29 is 9.59 Å². The Kier molecular flexibility index (Phi) is 6.75. The standard InChI is InChI=1S/C18H28N4O2/c1-22(2)11-10-17(23)20-14-6-8-15(9-7-14)21-18(24)16-5-3-4-13(16)12-19/h6-9,13,16H,3-5,10-12,19H2,1-2H3,(H,20,23)(H,21,24)/t13-,16-/m1/s1. The van der Waals surface area contributed by atoms with Crippen molar-refractivity contribution in [2.24, 2.45) is 17.6 Å². The van der Waals surface area contributed by atoms with Gasteiger partial charge in [-0.1, -0.05) is 6.42 Å². The Labute approximate surface area is 143 Å². The highest BCUT2D eigenvalue weighted by atomic mass is 16.2. The van der Waals surface area contributed by atoms with Crippen molar-refractivity contribution in [3.63, 3.8) is 0 Å². The van der Waals surface area contributed by atoms with E-state index < -0.39 is 0 Å². The molecule has 1 fully saturated rings. The molecule has 132 valence electrons. The van der Waals surface area contributed by atoms with E-state index in [1.165, 1.54) is 0 Å². The van der Waals surface area contributed by atoms with Crippen LogP contribution in [-0.2, 0) is 9.59 Å². The summed E-state index contributed by atoms with van der Waals surface area (Å²) in [6, 6.07) is 7.23. The fraction of sp³-hybridized carbons (Fsp3) is 0.556. The summed E-state index contributed by atoms with van der Waals surface area (Å²) < 4.78 is 0.